The standard InChI is InChI=1S/C27H46BrF3N5O5P/c28-24-23-25(35-26(32)34-24)36(21-33-23)16-20-40-22-42(37,38)41-19-14-18-39-17-13-11-9-7-5-3-1-2-4-6-8-10-12-15-27(29,30)31/h21H,1-20,22H2,(H,37,38)(H2,32,34,35)/p-1. The minimum atomic E-state index is -4.10. The maximum atomic E-state index is 12.1. The van der Waals surface area contributed by atoms with E-state index in [0.29, 0.717) is 48.4 Å². The highest BCUT2D eigenvalue weighted by Crippen LogP contribution is 2.36. The SMILES string of the molecule is Nc1nc(Br)c2ncn(CCOCP(=O)([O-])OCCCOCCCCCCCCCCCCCCCC(F)(F)F)c2n1. The molecule has 0 aliphatic heterocycles. The molecule has 1 atom stereocenters. The van der Waals surface area contributed by atoms with Gasteiger partial charge in [-0.15, -0.1) is 0 Å². The van der Waals surface area contributed by atoms with Crippen molar-refractivity contribution in [3.8, 4) is 0 Å². The molecular formula is C27H45BrF3N5O5P-. The molecule has 0 bridgehead atoms. The molecule has 15 heteroatoms. The molecule has 2 heterocycles. The van der Waals surface area contributed by atoms with Gasteiger partial charge in [-0.2, -0.15) is 18.2 Å². The van der Waals surface area contributed by atoms with Crippen LogP contribution < -0.4 is 10.6 Å². The van der Waals surface area contributed by atoms with Gasteiger partial charge >= 0.3 is 6.18 Å². The smallest absolute Gasteiger partial charge is 0.389 e. The van der Waals surface area contributed by atoms with Gasteiger partial charge in [-0.05, 0) is 35.2 Å². The highest BCUT2D eigenvalue weighted by atomic mass is 79.9. The average molecular weight is 688 g/mol. The predicted molar refractivity (Wildman–Crippen MR) is 158 cm³/mol. The summed E-state index contributed by atoms with van der Waals surface area (Å²) in [7, 11) is -4.10. The summed E-state index contributed by atoms with van der Waals surface area (Å²) in [5, 5.41) is 0. The number of anilines is 1. The molecule has 2 N–H and O–H groups in total. The topological polar surface area (TPSA) is 137 Å². The van der Waals surface area contributed by atoms with Crippen LogP contribution in [0.15, 0.2) is 10.9 Å². The van der Waals surface area contributed by atoms with Crippen molar-refractivity contribution in [2.75, 3.05) is 38.5 Å². The summed E-state index contributed by atoms with van der Waals surface area (Å²) in [5.41, 5.74) is 6.75. The maximum absolute atomic E-state index is 12.1. The fourth-order valence-electron chi connectivity index (χ4n) is 4.41. The maximum Gasteiger partial charge on any atom is 0.389 e. The first kappa shape index (κ1) is 36.9. The summed E-state index contributed by atoms with van der Waals surface area (Å²) >= 11 is 3.29. The number of halogens is 4. The van der Waals surface area contributed by atoms with Crippen molar-refractivity contribution >= 4 is 40.6 Å². The van der Waals surface area contributed by atoms with Crippen LogP contribution in [-0.4, -0.2) is 58.5 Å². The van der Waals surface area contributed by atoms with Crippen molar-refractivity contribution in [1.82, 2.24) is 19.5 Å². The third-order valence-electron chi connectivity index (χ3n) is 6.63. The van der Waals surface area contributed by atoms with Crippen LogP contribution in [0.5, 0.6) is 0 Å². The zero-order chi connectivity index (χ0) is 30.7. The van der Waals surface area contributed by atoms with Crippen LogP contribution in [0.25, 0.3) is 11.2 Å². The van der Waals surface area contributed by atoms with Gasteiger partial charge in [0.1, 0.15) is 16.5 Å². The van der Waals surface area contributed by atoms with Crippen LogP contribution in [-0.2, 0) is 25.1 Å². The van der Waals surface area contributed by atoms with Crippen LogP contribution in [0.1, 0.15) is 96.3 Å². The molecule has 0 spiro atoms. The lowest BCUT2D eigenvalue weighted by molar-refractivity contribution is -0.204. The fourth-order valence-corrected chi connectivity index (χ4v) is 5.70. The summed E-state index contributed by atoms with van der Waals surface area (Å²) in [4.78, 5) is 24.4. The van der Waals surface area contributed by atoms with Crippen LogP contribution in [0.2, 0.25) is 0 Å². The first-order valence-corrected chi connectivity index (χ1v) is 17.4. The Hall–Kier alpha value is -1.31. The number of nitrogens with two attached hydrogens (primary N) is 1. The largest absolute Gasteiger partial charge is 0.777 e. The molecule has 0 saturated heterocycles. The molecule has 0 radical (unpaired) electrons. The van der Waals surface area contributed by atoms with Gasteiger partial charge in [-0.25, -0.2) is 9.97 Å². The summed E-state index contributed by atoms with van der Waals surface area (Å²) in [6, 6.07) is 0. The van der Waals surface area contributed by atoms with E-state index in [2.05, 4.69) is 30.9 Å². The molecular weight excluding hydrogens is 642 g/mol. The van der Waals surface area contributed by atoms with Crippen molar-refractivity contribution in [2.45, 2.75) is 109 Å². The van der Waals surface area contributed by atoms with E-state index in [4.69, 9.17) is 19.7 Å². The first-order valence-electron chi connectivity index (χ1n) is 14.9. The fraction of sp³-hybridized carbons (Fsp3) is 0.815. The first-order chi connectivity index (χ1) is 20.1. The summed E-state index contributed by atoms with van der Waals surface area (Å²) < 4.78 is 66.3. The molecule has 242 valence electrons. The lowest BCUT2D eigenvalue weighted by Crippen LogP contribution is -2.14. The number of aromatic nitrogens is 4. The van der Waals surface area contributed by atoms with E-state index in [1.54, 1.807) is 10.9 Å². The Morgan fingerprint density at radius 3 is 2.02 bits per heavy atom. The molecule has 0 aromatic carbocycles. The molecule has 10 nitrogen and oxygen atoms in total. The highest BCUT2D eigenvalue weighted by Gasteiger charge is 2.25. The monoisotopic (exact) mass is 686 g/mol. The van der Waals surface area contributed by atoms with Gasteiger partial charge < -0.3 is 33.8 Å². The molecule has 42 heavy (non-hydrogen) atoms. The molecule has 0 saturated carbocycles. The Balaban J connectivity index is 1.33. The number of hydrogen-bond acceptors (Lipinski definition) is 9. The quantitative estimate of drug-likeness (QED) is 0.0656. The summed E-state index contributed by atoms with van der Waals surface area (Å²) in [5.74, 6) is 0.104. The lowest BCUT2D eigenvalue weighted by Gasteiger charge is -2.23. The van der Waals surface area contributed by atoms with Crippen molar-refractivity contribution in [3.05, 3.63) is 10.9 Å². The Morgan fingerprint density at radius 1 is 0.833 bits per heavy atom. The average Bonchev–Trinajstić information content (AvgIpc) is 3.32. The molecule has 0 amide bonds. The van der Waals surface area contributed by atoms with E-state index in [1.807, 2.05) is 0 Å². The number of ether oxygens (including phenoxy) is 2. The second-order valence-corrected chi connectivity index (χ2v) is 12.9. The molecule has 2 aromatic heterocycles. The van der Waals surface area contributed by atoms with E-state index in [1.165, 1.54) is 38.5 Å². The minimum Gasteiger partial charge on any atom is -0.777 e. The van der Waals surface area contributed by atoms with E-state index < -0.39 is 26.5 Å². The van der Waals surface area contributed by atoms with Crippen molar-refractivity contribution in [2.24, 2.45) is 0 Å². The van der Waals surface area contributed by atoms with Gasteiger partial charge in [0.2, 0.25) is 5.95 Å². The normalized spacial score (nSPS) is 13.6. The number of fused-ring (bicyclic) bond motifs is 1. The van der Waals surface area contributed by atoms with Crippen LogP contribution >= 0.6 is 23.5 Å². The summed E-state index contributed by atoms with van der Waals surface area (Å²) in [6.07, 6.45) is 10.1. The second kappa shape index (κ2) is 20.6. The van der Waals surface area contributed by atoms with Crippen LogP contribution in [0, 0.1) is 0 Å². The third kappa shape index (κ3) is 17.1. The number of nitrogens with zero attached hydrogens (tertiary/aromatic N) is 4. The van der Waals surface area contributed by atoms with Gasteiger partial charge in [0.15, 0.2) is 13.2 Å². The van der Waals surface area contributed by atoms with Crippen molar-refractivity contribution in [1.29, 1.82) is 0 Å². The lowest BCUT2D eigenvalue weighted by atomic mass is 10.0. The van der Waals surface area contributed by atoms with E-state index in [-0.39, 0.29) is 25.6 Å². The number of rotatable bonds is 25. The zero-order valence-corrected chi connectivity index (χ0v) is 26.8. The van der Waals surface area contributed by atoms with Crippen LogP contribution in [0.4, 0.5) is 19.1 Å². The molecule has 0 aliphatic rings. The van der Waals surface area contributed by atoms with E-state index in [9.17, 15) is 22.6 Å². The Labute approximate surface area is 255 Å². The van der Waals surface area contributed by atoms with Gasteiger partial charge in [-0.3, -0.25) is 0 Å². The number of alkyl halides is 3. The molecule has 0 aliphatic carbocycles. The van der Waals surface area contributed by atoms with Crippen molar-refractivity contribution in [3.63, 3.8) is 0 Å². The van der Waals surface area contributed by atoms with Crippen LogP contribution in [0.3, 0.4) is 0 Å². The van der Waals surface area contributed by atoms with Gasteiger partial charge in [0, 0.05) is 26.2 Å². The number of imidazole rings is 1. The van der Waals surface area contributed by atoms with Gasteiger partial charge in [0.05, 0.1) is 19.5 Å². The zero-order valence-electron chi connectivity index (χ0n) is 24.3. The predicted octanol–water partition coefficient (Wildman–Crippen LogP) is 7.15. The van der Waals surface area contributed by atoms with Crippen molar-refractivity contribution < 1.29 is 36.6 Å². The van der Waals surface area contributed by atoms with E-state index >= 15 is 0 Å². The molecule has 1 unspecified atom stereocenters. The van der Waals surface area contributed by atoms with Gasteiger partial charge in [-0.1, -0.05) is 70.6 Å². The molecule has 2 rings (SSSR count). The van der Waals surface area contributed by atoms with Gasteiger partial charge in [0.25, 0.3) is 0 Å². The Bertz CT molecular complexity index is 1060. The Kier molecular flexibility index (Phi) is 18.1. The van der Waals surface area contributed by atoms with E-state index in [0.717, 1.165) is 32.1 Å². The number of nitrogen functional groups attached to an aromatic ring is 1. The third-order valence-corrected chi connectivity index (χ3v) is 8.26. The number of unbranched alkanes of at least 4 members (excludes halogenated alkanes) is 12. The highest BCUT2D eigenvalue weighted by molar-refractivity contribution is 9.10. The molecule has 0 fully saturated rings. The molecule has 2 aromatic rings. The number of hydrogen-bond donors (Lipinski definition) is 1. The summed E-state index contributed by atoms with van der Waals surface area (Å²) in [6.45, 7) is 1.62. The second-order valence-electron chi connectivity index (χ2n) is 10.4. The minimum absolute atomic E-state index is 0.0541. The Morgan fingerprint density at radius 2 is 1.40 bits per heavy atom.